The number of phenolic OH excluding ortho intramolecular Hbond substituents is 1. The molecule has 107 heavy (non-hydrogen) atoms. The molecule has 3 aliphatic heterocycles. The van der Waals surface area contributed by atoms with Crippen LogP contribution in [0.4, 0.5) is 10.5 Å². The van der Waals surface area contributed by atoms with Gasteiger partial charge in [-0.15, -0.1) is 5.10 Å². The molecule has 2 unspecified atom stereocenters. The number of aryl methyl sites for hydroxylation is 2. The molecule has 1 aliphatic carbocycles. The predicted octanol–water partition coefficient (Wildman–Crippen LogP) is 8.46. The zero-order chi connectivity index (χ0) is 75.1. The van der Waals surface area contributed by atoms with E-state index in [9.17, 15) is 48.3 Å². The van der Waals surface area contributed by atoms with E-state index in [-0.39, 0.29) is 123 Å². The third-order valence-electron chi connectivity index (χ3n) is 19.1. The minimum absolute atomic E-state index is 0. The maximum atomic E-state index is 14.1. The number of phenols is 1. The topological polar surface area (TPSA) is 348 Å². The first kappa shape index (κ1) is 84.1. The Bertz CT molecular complexity index is 3830. The van der Waals surface area contributed by atoms with E-state index >= 15 is 0 Å². The van der Waals surface area contributed by atoms with E-state index in [1.165, 1.54) is 17.1 Å². The summed E-state index contributed by atoms with van der Waals surface area (Å²) in [5, 5.41) is 22.3. The number of benzene rings is 2. The summed E-state index contributed by atoms with van der Waals surface area (Å²) in [5.74, 6) is -2.26. The second kappa shape index (κ2) is 44.1. The van der Waals surface area contributed by atoms with Gasteiger partial charge in [0, 0.05) is 91.2 Å². The van der Waals surface area contributed by atoms with Crippen molar-refractivity contribution in [1.29, 1.82) is 0 Å². The highest BCUT2D eigenvalue weighted by Gasteiger charge is 2.51. The number of aromatic hydroxyl groups is 1. The summed E-state index contributed by atoms with van der Waals surface area (Å²) in [6, 6.07) is 13.2. The number of anilines is 1. The average molecular weight is 1490 g/mol. The number of hydrogen-bond donors (Lipinski definition) is 2. The lowest BCUT2D eigenvalue weighted by Gasteiger charge is -2.35. The second-order valence-electron chi connectivity index (χ2n) is 26.6. The number of carbonyl (C=O) groups excluding carboxylic acids is 8. The number of hydrogen-bond acceptors (Lipinski definition) is 25. The molecule has 3 aromatic heterocycles. The van der Waals surface area contributed by atoms with Crippen LogP contribution in [0.1, 0.15) is 145 Å². The first-order chi connectivity index (χ1) is 51.6. The molecule has 0 radical (unpaired) electrons. The standard InChI is InChI=1S/C77H101N7O22.CH4/c1-4-7-8-10-56(73(91)78-57-18-14-54(15-19-57)49-105-76(94)106-77(6-3)66-45-68-72-64(48-83(68)74(92)65(66)52-104-75(77)93)62(5-2)63-44-59(85)21-22-67(63)79-72)43-61(87)51-103-50-60(86)11-9-27-95-29-31-97-33-35-99-37-39-101-41-42-102-40-38-100-36-34-98-32-30-96-28-26-82-47-58(80-81-82)20-23-69(88)55-16-12-53(13-17-55)46-84-70(89)24-25-71(84)90;/h14-15,18-19,21-22,24-25,44-45,47,53,55-56,85H,4-13,16-17,20,23,26-43,46,48-52H2,1-3H3,(H,78,91);1H4. The van der Waals surface area contributed by atoms with Gasteiger partial charge in [0.1, 0.15) is 38.0 Å². The quantitative estimate of drug-likeness (QED) is 0.0205. The van der Waals surface area contributed by atoms with Gasteiger partial charge in [0.2, 0.25) is 11.5 Å². The summed E-state index contributed by atoms with van der Waals surface area (Å²) in [6.07, 6.45) is 11.6. The molecule has 2 aromatic carbocycles. The number of ketones is 3. The van der Waals surface area contributed by atoms with E-state index in [0.717, 1.165) is 67.2 Å². The van der Waals surface area contributed by atoms with Crippen LogP contribution in [-0.2, 0) is 135 Å². The number of cyclic esters (lactones) is 1. The molecule has 584 valence electrons. The summed E-state index contributed by atoms with van der Waals surface area (Å²) in [4.78, 5) is 123. The maximum absolute atomic E-state index is 14.1. The molecule has 29 nitrogen and oxygen atoms in total. The van der Waals surface area contributed by atoms with Gasteiger partial charge in [0.15, 0.2) is 11.6 Å². The van der Waals surface area contributed by atoms with Crippen LogP contribution in [0.3, 0.4) is 0 Å². The van der Waals surface area contributed by atoms with E-state index < -0.39 is 29.2 Å². The summed E-state index contributed by atoms with van der Waals surface area (Å²) < 4.78 is 70.2. The molecule has 0 saturated heterocycles. The first-order valence-corrected chi connectivity index (χ1v) is 37.1. The largest absolute Gasteiger partial charge is 0.510 e. The van der Waals surface area contributed by atoms with Gasteiger partial charge < -0.3 is 71.8 Å². The third kappa shape index (κ3) is 25.0. The van der Waals surface area contributed by atoms with Crippen molar-refractivity contribution in [1.82, 2.24) is 29.4 Å². The van der Waals surface area contributed by atoms with Gasteiger partial charge >= 0.3 is 12.1 Å². The Kier molecular flexibility index (Phi) is 34.6. The number of esters is 1. The van der Waals surface area contributed by atoms with Gasteiger partial charge in [-0.2, -0.15) is 0 Å². The van der Waals surface area contributed by atoms with E-state index in [4.69, 9.17) is 61.8 Å². The molecule has 29 heteroatoms. The molecule has 4 aliphatic rings. The Morgan fingerprint density at radius 3 is 1.93 bits per heavy atom. The number of nitrogens with zero attached hydrogens (tertiary/aromatic N) is 6. The van der Waals surface area contributed by atoms with Crippen LogP contribution in [0.15, 0.2) is 71.7 Å². The van der Waals surface area contributed by atoms with E-state index in [2.05, 4.69) is 15.6 Å². The van der Waals surface area contributed by atoms with Crippen molar-refractivity contribution in [2.45, 2.75) is 156 Å². The monoisotopic (exact) mass is 1490 g/mol. The molecule has 2 N–H and O–H groups in total. The highest BCUT2D eigenvalue weighted by atomic mass is 16.7. The van der Waals surface area contributed by atoms with Crippen molar-refractivity contribution < 1.29 is 100 Å². The Morgan fingerprint density at radius 2 is 1.31 bits per heavy atom. The number of imide groups is 1. The fraction of sp³-hybridized carbons (Fsp3) is 0.590. The minimum atomic E-state index is -1.99. The summed E-state index contributed by atoms with van der Waals surface area (Å²) in [7, 11) is 0. The molecule has 6 heterocycles. The molecule has 1 saturated carbocycles. The number of pyridine rings is 2. The third-order valence-corrected chi connectivity index (χ3v) is 19.1. The van der Waals surface area contributed by atoms with Gasteiger partial charge in [-0.3, -0.25) is 38.5 Å². The SMILES string of the molecule is C.CCCCCC(CC(=O)COCC(=O)CCCOCCOCCOCCOCCOCCOCCOCCOCCn1cc(CCC(=O)C2CCC(CN3C(=O)C=CC3=O)CC2)nn1)C(=O)Nc1ccc(COC(=O)OC2(CC)C(=O)OCc3c2cc2n(c3=O)Cc3c-2nc2ccc(O)cc2c3CC)cc1. The van der Waals surface area contributed by atoms with Gasteiger partial charge in [-0.1, -0.05) is 64.8 Å². The lowest BCUT2D eigenvalue weighted by atomic mass is 9.79. The van der Waals surface area contributed by atoms with Gasteiger partial charge in [0.25, 0.3) is 17.4 Å². The summed E-state index contributed by atoms with van der Waals surface area (Å²) >= 11 is 0. The number of amides is 3. The van der Waals surface area contributed by atoms with Crippen molar-refractivity contribution in [3.8, 4) is 17.1 Å². The first-order valence-electron chi connectivity index (χ1n) is 37.1. The van der Waals surface area contributed by atoms with Crippen molar-refractivity contribution in [2.24, 2.45) is 17.8 Å². The Balaban J connectivity index is 0.0000144. The predicted molar refractivity (Wildman–Crippen MR) is 390 cm³/mol. The number of carbonyl (C=O) groups is 8. The van der Waals surface area contributed by atoms with Crippen LogP contribution in [-0.4, -0.2) is 207 Å². The zero-order valence-corrected chi connectivity index (χ0v) is 61.2. The van der Waals surface area contributed by atoms with Crippen molar-refractivity contribution in [3.05, 3.63) is 111 Å². The van der Waals surface area contributed by atoms with Crippen molar-refractivity contribution >= 4 is 63.8 Å². The van der Waals surface area contributed by atoms with E-state index in [1.54, 1.807) is 64.7 Å². The molecule has 1 fully saturated rings. The molecule has 5 aromatic rings. The van der Waals surface area contributed by atoms with Crippen LogP contribution in [0.2, 0.25) is 0 Å². The number of Topliss-reactive ketones (excluding diaryl/α,β-unsaturated/α-hetero) is 3. The van der Waals surface area contributed by atoms with Crippen LogP contribution < -0.4 is 10.9 Å². The molecule has 0 bridgehead atoms. The van der Waals surface area contributed by atoms with Crippen LogP contribution in [0, 0.1) is 17.8 Å². The fourth-order valence-corrected chi connectivity index (χ4v) is 13.3. The lowest BCUT2D eigenvalue weighted by molar-refractivity contribution is -0.175. The number of rotatable bonds is 51. The molecular weight excluding hydrogens is 1390 g/mol. The van der Waals surface area contributed by atoms with Crippen LogP contribution in [0.25, 0.3) is 22.3 Å². The second-order valence-corrected chi connectivity index (χ2v) is 26.6. The maximum Gasteiger partial charge on any atom is 0.510 e. The van der Waals surface area contributed by atoms with Gasteiger partial charge in [-0.05, 0) is 105 Å². The number of unbranched alkanes of at least 4 members (excludes halogenated alkanes) is 2. The molecular formula is C78H105N7O22. The number of aromatic nitrogens is 5. The molecule has 0 spiro atoms. The highest BCUT2D eigenvalue weighted by Crippen LogP contribution is 2.43. The Labute approximate surface area is 623 Å². The van der Waals surface area contributed by atoms with Gasteiger partial charge in [0.05, 0.1) is 140 Å². The molecule has 2 atom stereocenters. The van der Waals surface area contributed by atoms with Crippen LogP contribution >= 0.6 is 0 Å². The lowest BCUT2D eigenvalue weighted by Crippen LogP contribution is -2.47. The molecule has 3 amide bonds. The van der Waals surface area contributed by atoms with Gasteiger partial charge in [-0.25, -0.2) is 19.3 Å². The smallest absolute Gasteiger partial charge is 0.508 e. The Morgan fingerprint density at radius 1 is 0.692 bits per heavy atom. The average Bonchev–Trinajstić information content (AvgIpc) is 1.61. The Hall–Kier alpha value is -8.52. The number of ether oxygens (including phenoxy) is 12. The fourth-order valence-electron chi connectivity index (χ4n) is 13.3. The molecule has 9 rings (SSSR count). The number of nitrogens with one attached hydrogen (secondary N) is 1. The summed E-state index contributed by atoms with van der Waals surface area (Å²) in [5.41, 5.74) is 3.15. The minimum Gasteiger partial charge on any atom is -0.508 e. The zero-order valence-electron chi connectivity index (χ0n) is 61.2. The van der Waals surface area contributed by atoms with E-state index in [1.807, 2.05) is 20.0 Å². The number of fused-ring (bicyclic) bond motifs is 5. The van der Waals surface area contributed by atoms with Crippen molar-refractivity contribution in [3.63, 3.8) is 0 Å². The highest BCUT2D eigenvalue weighted by molar-refractivity contribution is 6.13. The van der Waals surface area contributed by atoms with E-state index in [0.29, 0.717) is 179 Å². The summed E-state index contributed by atoms with van der Waals surface area (Å²) in [6.45, 7) is 12.3. The van der Waals surface area contributed by atoms with Crippen LogP contribution in [0.5, 0.6) is 5.75 Å². The van der Waals surface area contributed by atoms with Crippen molar-refractivity contribution in [2.75, 3.05) is 131 Å². The normalized spacial score (nSPS) is 16.8.